The number of amides is 2. The maximum Gasteiger partial charge on any atom is 0.321 e. The maximum atomic E-state index is 12.2. The van der Waals surface area contributed by atoms with Gasteiger partial charge in [0.2, 0.25) is 0 Å². The van der Waals surface area contributed by atoms with Crippen molar-refractivity contribution >= 4 is 17.7 Å². The Hall–Kier alpha value is -2.05. The molecule has 1 aliphatic heterocycles. The molecule has 1 fully saturated rings. The van der Waals surface area contributed by atoms with E-state index in [1.807, 2.05) is 13.8 Å². The lowest BCUT2D eigenvalue weighted by Crippen LogP contribution is -2.47. The highest BCUT2D eigenvalue weighted by Crippen LogP contribution is 2.22. The fraction of sp³-hybridized carbons (Fsp3) is 0.615. The minimum absolute atomic E-state index is 0.189. The van der Waals surface area contributed by atoms with Gasteiger partial charge in [-0.15, -0.1) is 0 Å². The molecular weight excluding hydrogens is 260 g/mol. The van der Waals surface area contributed by atoms with Crippen LogP contribution in [0.1, 0.15) is 20.3 Å². The number of urea groups is 1. The van der Waals surface area contributed by atoms with Gasteiger partial charge < -0.3 is 15.3 Å². The molecule has 110 valence electrons. The van der Waals surface area contributed by atoms with E-state index in [-0.39, 0.29) is 18.5 Å². The number of piperidine rings is 1. The van der Waals surface area contributed by atoms with E-state index in [1.54, 1.807) is 22.0 Å². The molecule has 2 rings (SSSR count). The lowest BCUT2D eigenvalue weighted by atomic mass is 9.91. The summed E-state index contributed by atoms with van der Waals surface area (Å²) in [5.74, 6) is -1.13. The summed E-state index contributed by atoms with van der Waals surface area (Å²) < 4.78 is 1.72. The van der Waals surface area contributed by atoms with Crippen LogP contribution in [-0.2, 0) is 11.3 Å². The van der Waals surface area contributed by atoms with Crippen molar-refractivity contribution in [3.63, 3.8) is 0 Å². The average Bonchev–Trinajstić information content (AvgIpc) is 2.85. The zero-order valence-corrected chi connectivity index (χ0v) is 11.7. The van der Waals surface area contributed by atoms with Crippen molar-refractivity contribution in [3.05, 3.63) is 12.4 Å². The van der Waals surface area contributed by atoms with Gasteiger partial charge in [0.15, 0.2) is 0 Å². The second-order valence-corrected chi connectivity index (χ2v) is 5.30. The Labute approximate surface area is 117 Å². The molecule has 0 aromatic carbocycles. The lowest BCUT2D eigenvalue weighted by molar-refractivity contribution is -0.143. The van der Waals surface area contributed by atoms with Crippen molar-refractivity contribution in [1.29, 1.82) is 0 Å². The second-order valence-electron chi connectivity index (χ2n) is 5.30. The van der Waals surface area contributed by atoms with E-state index in [9.17, 15) is 9.59 Å². The second kappa shape index (κ2) is 5.94. The summed E-state index contributed by atoms with van der Waals surface area (Å²) in [6.45, 7) is 5.50. The SMILES string of the molecule is CCn1cc(NC(=O)N2CC(C)CC(C(=O)O)C2)cn1. The normalized spacial score (nSPS) is 22.6. The minimum atomic E-state index is -0.840. The van der Waals surface area contributed by atoms with Gasteiger partial charge in [-0.2, -0.15) is 5.10 Å². The number of aromatic nitrogens is 2. The van der Waals surface area contributed by atoms with Gasteiger partial charge in [0.25, 0.3) is 0 Å². The predicted octanol–water partition coefficient (Wildman–Crippen LogP) is 1.48. The summed E-state index contributed by atoms with van der Waals surface area (Å²) in [4.78, 5) is 24.8. The first-order chi connectivity index (χ1) is 9.49. The zero-order valence-electron chi connectivity index (χ0n) is 11.7. The molecule has 7 nitrogen and oxygen atoms in total. The third-order valence-corrected chi connectivity index (χ3v) is 3.50. The number of hydrogen-bond donors (Lipinski definition) is 2. The Morgan fingerprint density at radius 1 is 1.50 bits per heavy atom. The summed E-state index contributed by atoms with van der Waals surface area (Å²) in [6.07, 6.45) is 3.95. The highest BCUT2D eigenvalue weighted by Gasteiger charge is 2.31. The predicted molar refractivity (Wildman–Crippen MR) is 73.4 cm³/mol. The van der Waals surface area contributed by atoms with Crippen LogP contribution in [0.4, 0.5) is 10.5 Å². The summed E-state index contributed by atoms with van der Waals surface area (Å²) in [5.41, 5.74) is 0.627. The van der Waals surface area contributed by atoms with Gasteiger partial charge in [-0.3, -0.25) is 9.48 Å². The Kier molecular flexibility index (Phi) is 4.26. The number of carbonyl (C=O) groups is 2. The first-order valence-electron chi connectivity index (χ1n) is 6.80. The minimum Gasteiger partial charge on any atom is -0.481 e. The van der Waals surface area contributed by atoms with Crippen LogP contribution in [-0.4, -0.2) is 44.9 Å². The number of carboxylic acids is 1. The van der Waals surface area contributed by atoms with Crippen molar-refractivity contribution in [2.75, 3.05) is 18.4 Å². The number of carbonyl (C=O) groups excluding carboxylic acids is 1. The van der Waals surface area contributed by atoms with Gasteiger partial charge in [-0.05, 0) is 19.3 Å². The van der Waals surface area contributed by atoms with E-state index in [0.717, 1.165) is 6.54 Å². The molecule has 1 aromatic rings. The Balaban J connectivity index is 1.99. The first-order valence-corrected chi connectivity index (χ1v) is 6.80. The van der Waals surface area contributed by atoms with Crippen LogP contribution in [0.25, 0.3) is 0 Å². The summed E-state index contributed by atoms with van der Waals surface area (Å²) in [7, 11) is 0. The third kappa shape index (κ3) is 3.28. The Morgan fingerprint density at radius 3 is 2.85 bits per heavy atom. The number of likely N-dealkylation sites (tertiary alicyclic amines) is 1. The molecule has 2 N–H and O–H groups in total. The molecule has 2 unspecified atom stereocenters. The van der Waals surface area contributed by atoms with Crippen LogP contribution in [0, 0.1) is 11.8 Å². The van der Waals surface area contributed by atoms with Crippen molar-refractivity contribution < 1.29 is 14.7 Å². The van der Waals surface area contributed by atoms with E-state index in [2.05, 4.69) is 10.4 Å². The standard InChI is InChI=1S/C13H20N4O3/c1-3-17-8-11(5-14-17)15-13(20)16-6-9(2)4-10(7-16)12(18)19/h5,8-10H,3-4,6-7H2,1-2H3,(H,15,20)(H,18,19). The fourth-order valence-corrected chi connectivity index (χ4v) is 2.50. The van der Waals surface area contributed by atoms with Gasteiger partial charge in [0.05, 0.1) is 17.8 Å². The molecule has 1 aromatic heterocycles. The van der Waals surface area contributed by atoms with Crippen LogP contribution < -0.4 is 5.32 Å². The van der Waals surface area contributed by atoms with Crippen molar-refractivity contribution in [2.24, 2.45) is 11.8 Å². The number of nitrogens with one attached hydrogen (secondary N) is 1. The van der Waals surface area contributed by atoms with Crippen LogP contribution in [0.3, 0.4) is 0 Å². The van der Waals surface area contributed by atoms with Gasteiger partial charge in [-0.25, -0.2) is 4.79 Å². The summed E-state index contributed by atoms with van der Waals surface area (Å²) in [5, 5.41) is 15.9. The van der Waals surface area contributed by atoms with E-state index >= 15 is 0 Å². The number of anilines is 1. The van der Waals surface area contributed by atoms with Gasteiger partial charge >= 0.3 is 12.0 Å². The molecule has 0 aliphatic carbocycles. The molecule has 7 heteroatoms. The molecule has 0 bridgehead atoms. The number of aliphatic carboxylic acids is 1. The number of aryl methyl sites for hydroxylation is 1. The van der Waals surface area contributed by atoms with Crippen LogP contribution in [0.2, 0.25) is 0 Å². The number of nitrogens with zero attached hydrogens (tertiary/aromatic N) is 3. The molecular formula is C13H20N4O3. The largest absolute Gasteiger partial charge is 0.481 e. The number of carboxylic acid groups (broad SMARTS) is 1. The Morgan fingerprint density at radius 2 is 2.25 bits per heavy atom. The number of hydrogen-bond acceptors (Lipinski definition) is 3. The summed E-state index contributed by atoms with van der Waals surface area (Å²) in [6, 6.07) is -0.265. The van der Waals surface area contributed by atoms with E-state index in [1.165, 1.54) is 0 Å². The van der Waals surface area contributed by atoms with Crippen molar-refractivity contribution in [2.45, 2.75) is 26.8 Å². The molecule has 0 saturated carbocycles. The molecule has 2 amide bonds. The monoisotopic (exact) mass is 280 g/mol. The first kappa shape index (κ1) is 14.4. The topological polar surface area (TPSA) is 87.5 Å². The molecule has 0 spiro atoms. The van der Waals surface area contributed by atoms with Crippen LogP contribution in [0.15, 0.2) is 12.4 Å². The van der Waals surface area contributed by atoms with Gasteiger partial charge in [0, 0.05) is 25.8 Å². The Bertz CT molecular complexity index is 500. The third-order valence-electron chi connectivity index (χ3n) is 3.50. The fourth-order valence-electron chi connectivity index (χ4n) is 2.50. The van der Waals surface area contributed by atoms with Crippen molar-refractivity contribution in [3.8, 4) is 0 Å². The highest BCUT2D eigenvalue weighted by atomic mass is 16.4. The van der Waals surface area contributed by atoms with E-state index < -0.39 is 11.9 Å². The number of rotatable bonds is 3. The van der Waals surface area contributed by atoms with Crippen molar-refractivity contribution in [1.82, 2.24) is 14.7 Å². The molecule has 2 heterocycles. The van der Waals surface area contributed by atoms with Gasteiger partial charge in [-0.1, -0.05) is 6.92 Å². The van der Waals surface area contributed by atoms with Crippen LogP contribution in [0.5, 0.6) is 0 Å². The smallest absolute Gasteiger partial charge is 0.321 e. The average molecular weight is 280 g/mol. The molecule has 20 heavy (non-hydrogen) atoms. The molecule has 0 radical (unpaired) electrons. The lowest BCUT2D eigenvalue weighted by Gasteiger charge is -2.34. The van der Waals surface area contributed by atoms with E-state index in [0.29, 0.717) is 18.7 Å². The molecule has 1 aliphatic rings. The zero-order chi connectivity index (χ0) is 14.7. The van der Waals surface area contributed by atoms with E-state index in [4.69, 9.17) is 5.11 Å². The van der Waals surface area contributed by atoms with Crippen LogP contribution >= 0.6 is 0 Å². The molecule has 1 saturated heterocycles. The molecule has 2 atom stereocenters. The highest BCUT2D eigenvalue weighted by molar-refractivity contribution is 5.89. The summed E-state index contributed by atoms with van der Waals surface area (Å²) >= 11 is 0. The maximum absolute atomic E-state index is 12.2. The quantitative estimate of drug-likeness (QED) is 0.877. The van der Waals surface area contributed by atoms with Gasteiger partial charge in [0.1, 0.15) is 0 Å².